The molecule has 0 spiro atoms. The molecule has 1 aliphatic rings. The number of carbonyl (C=O) groups is 1. The number of nitrogens with zero attached hydrogens (tertiary/aromatic N) is 1. The normalized spacial score (nSPS) is 20.5. The van der Waals surface area contributed by atoms with Crippen molar-refractivity contribution in [3.05, 3.63) is 11.8 Å². The second-order valence-corrected chi connectivity index (χ2v) is 2.90. The van der Waals surface area contributed by atoms with Crippen molar-refractivity contribution in [2.45, 2.75) is 26.4 Å². The highest BCUT2D eigenvalue weighted by Crippen LogP contribution is 2.15. The fourth-order valence-electron chi connectivity index (χ4n) is 1.16. The largest absolute Gasteiger partial charge is 0.392 e. The number of β-amino-alcohol motifs (C(OH)–C–C–N with tert-alkyl or cyclic N) is 1. The van der Waals surface area contributed by atoms with Gasteiger partial charge in [0.05, 0.1) is 12.6 Å². The molecule has 1 atom stereocenters. The highest BCUT2D eigenvalue weighted by molar-refractivity contribution is 5.82. The summed E-state index contributed by atoms with van der Waals surface area (Å²) in [6.07, 6.45) is 1.92. The molecular weight excluding hydrogens is 142 g/mol. The quantitative estimate of drug-likeness (QED) is 0.631. The third-order valence-electron chi connectivity index (χ3n) is 1.75. The summed E-state index contributed by atoms with van der Waals surface area (Å²) in [6.45, 7) is 3.98. The topological polar surface area (TPSA) is 40.5 Å². The monoisotopic (exact) mass is 155 g/mol. The van der Waals surface area contributed by atoms with Crippen molar-refractivity contribution in [2.75, 3.05) is 6.54 Å². The second-order valence-electron chi connectivity index (χ2n) is 2.90. The molecule has 0 saturated heterocycles. The Morgan fingerprint density at radius 1 is 1.82 bits per heavy atom. The maximum Gasteiger partial charge on any atom is 0.230 e. The summed E-state index contributed by atoms with van der Waals surface area (Å²) in [6, 6.07) is 0. The number of aliphatic hydroxyl groups is 1. The Labute approximate surface area is 66.3 Å². The molecule has 11 heavy (non-hydrogen) atoms. The molecule has 0 aromatic rings. The molecule has 62 valence electrons. The highest BCUT2D eigenvalue weighted by Gasteiger charge is 2.20. The summed E-state index contributed by atoms with van der Waals surface area (Å²) < 4.78 is 0. The van der Waals surface area contributed by atoms with E-state index in [1.54, 1.807) is 11.8 Å². The zero-order chi connectivity index (χ0) is 8.43. The lowest BCUT2D eigenvalue weighted by Crippen LogP contribution is -2.31. The van der Waals surface area contributed by atoms with Crippen molar-refractivity contribution in [1.82, 2.24) is 4.90 Å². The van der Waals surface area contributed by atoms with Crippen LogP contribution in [0.25, 0.3) is 0 Å². The minimum absolute atomic E-state index is 0.0865. The van der Waals surface area contributed by atoms with Crippen molar-refractivity contribution >= 4 is 5.91 Å². The van der Waals surface area contributed by atoms with Crippen LogP contribution >= 0.6 is 0 Å². The zero-order valence-corrected chi connectivity index (χ0v) is 6.87. The first-order valence-electron chi connectivity index (χ1n) is 3.76. The van der Waals surface area contributed by atoms with Crippen LogP contribution in [0, 0.1) is 0 Å². The molecule has 3 nitrogen and oxygen atoms in total. The SMILES string of the molecule is CC1=CCC(=O)N1CC(C)O. The van der Waals surface area contributed by atoms with Gasteiger partial charge < -0.3 is 10.0 Å². The summed E-state index contributed by atoms with van der Waals surface area (Å²) in [4.78, 5) is 12.7. The summed E-state index contributed by atoms with van der Waals surface area (Å²) in [5.74, 6) is 0.0865. The van der Waals surface area contributed by atoms with Crippen molar-refractivity contribution in [3.63, 3.8) is 0 Å². The van der Waals surface area contributed by atoms with Gasteiger partial charge in [-0.05, 0) is 13.8 Å². The van der Waals surface area contributed by atoms with E-state index in [4.69, 9.17) is 5.11 Å². The predicted octanol–water partition coefficient (Wildman–Crippen LogP) is 0.503. The molecule has 1 heterocycles. The smallest absolute Gasteiger partial charge is 0.230 e. The number of amides is 1. The Balaban J connectivity index is 2.56. The van der Waals surface area contributed by atoms with Crippen LogP contribution < -0.4 is 0 Å². The van der Waals surface area contributed by atoms with Crippen LogP contribution in [-0.2, 0) is 4.79 Å². The van der Waals surface area contributed by atoms with Gasteiger partial charge in [0.25, 0.3) is 0 Å². The highest BCUT2D eigenvalue weighted by atomic mass is 16.3. The van der Waals surface area contributed by atoms with E-state index in [0.717, 1.165) is 5.70 Å². The molecule has 1 amide bonds. The van der Waals surface area contributed by atoms with Crippen LogP contribution in [0.5, 0.6) is 0 Å². The van der Waals surface area contributed by atoms with E-state index in [1.165, 1.54) is 0 Å². The molecule has 1 N–H and O–H groups in total. The molecule has 0 aliphatic carbocycles. The first-order valence-corrected chi connectivity index (χ1v) is 3.76. The van der Waals surface area contributed by atoms with Crippen molar-refractivity contribution in [2.24, 2.45) is 0 Å². The number of aliphatic hydroxyl groups excluding tert-OH is 1. The van der Waals surface area contributed by atoms with Gasteiger partial charge in [-0.2, -0.15) is 0 Å². The number of hydrogen-bond donors (Lipinski definition) is 1. The molecule has 1 unspecified atom stereocenters. The van der Waals surface area contributed by atoms with E-state index in [0.29, 0.717) is 13.0 Å². The van der Waals surface area contributed by atoms with Crippen molar-refractivity contribution in [1.29, 1.82) is 0 Å². The minimum atomic E-state index is -0.444. The Morgan fingerprint density at radius 2 is 2.45 bits per heavy atom. The molecule has 0 aromatic heterocycles. The van der Waals surface area contributed by atoms with E-state index in [1.807, 2.05) is 13.0 Å². The molecule has 0 bridgehead atoms. The standard InChI is InChI=1S/C8H13NO2/c1-6-3-4-8(11)9(6)5-7(2)10/h3,7,10H,4-5H2,1-2H3. The first-order chi connectivity index (χ1) is 5.11. The fraction of sp³-hybridized carbons (Fsp3) is 0.625. The molecule has 3 heteroatoms. The van der Waals surface area contributed by atoms with Crippen molar-refractivity contribution in [3.8, 4) is 0 Å². The maximum absolute atomic E-state index is 11.1. The molecule has 1 rings (SSSR count). The number of hydrogen-bond acceptors (Lipinski definition) is 2. The van der Waals surface area contributed by atoms with Gasteiger partial charge in [0, 0.05) is 12.1 Å². The van der Waals surface area contributed by atoms with Gasteiger partial charge in [0.1, 0.15) is 0 Å². The van der Waals surface area contributed by atoms with E-state index in [2.05, 4.69) is 0 Å². The first kappa shape index (κ1) is 8.27. The van der Waals surface area contributed by atoms with E-state index in [-0.39, 0.29) is 5.91 Å². The third kappa shape index (κ3) is 1.80. The van der Waals surface area contributed by atoms with Gasteiger partial charge >= 0.3 is 0 Å². The van der Waals surface area contributed by atoms with Crippen molar-refractivity contribution < 1.29 is 9.90 Å². The molecule has 0 fully saturated rings. The average Bonchev–Trinajstić information content (AvgIpc) is 2.18. The minimum Gasteiger partial charge on any atom is -0.392 e. The van der Waals surface area contributed by atoms with E-state index in [9.17, 15) is 4.79 Å². The number of rotatable bonds is 2. The molecule has 0 saturated carbocycles. The Morgan fingerprint density at radius 3 is 2.82 bits per heavy atom. The van der Waals surface area contributed by atoms with Gasteiger partial charge in [-0.3, -0.25) is 4.79 Å². The average molecular weight is 155 g/mol. The van der Waals surface area contributed by atoms with Gasteiger partial charge in [-0.15, -0.1) is 0 Å². The number of allylic oxidation sites excluding steroid dienone is 1. The zero-order valence-electron chi connectivity index (χ0n) is 6.87. The maximum atomic E-state index is 11.1. The lowest BCUT2D eigenvalue weighted by Gasteiger charge is -2.19. The Hall–Kier alpha value is -0.830. The van der Waals surface area contributed by atoms with Gasteiger partial charge in [-0.1, -0.05) is 6.08 Å². The Bertz CT molecular complexity index is 196. The van der Waals surface area contributed by atoms with Crippen LogP contribution in [0.2, 0.25) is 0 Å². The lowest BCUT2D eigenvalue weighted by atomic mass is 10.3. The van der Waals surface area contributed by atoms with E-state index < -0.39 is 6.10 Å². The molecule has 0 radical (unpaired) electrons. The van der Waals surface area contributed by atoms with Crippen LogP contribution in [0.3, 0.4) is 0 Å². The second kappa shape index (κ2) is 3.05. The summed E-state index contributed by atoms with van der Waals surface area (Å²) in [7, 11) is 0. The molecular formula is C8H13NO2. The summed E-state index contributed by atoms with van der Waals surface area (Å²) in [5, 5.41) is 9.03. The summed E-state index contributed by atoms with van der Waals surface area (Å²) >= 11 is 0. The lowest BCUT2D eigenvalue weighted by molar-refractivity contribution is -0.128. The Kier molecular flexibility index (Phi) is 2.29. The fourth-order valence-corrected chi connectivity index (χ4v) is 1.16. The molecule has 0 aromatic carbocycles. The van der Waals surface area contributed by atoms with Gasteiger partial charge in [0.15, 0.2) is 0 Å². The van der Waals surface area contributed by atoms with Crippen LogP contribution in [-0.4, -0.2) is 28.6 Å². The number of carbonyl (C=O) groups excluding carboxylic acids is 1. The van der Waals surface area contributed by atoms with Crippen LogP contribution in [0.1, 0.15) is 20.3 Å². The molecule has 1 aliphatic heterocycles. The predicted molar refractivity (Wildman–Crippen MR) is 41.8 cm³/mol. The third-order valence-corrected chi connectivity index (χ3v) is 1.75. The van der Waals surface area contributed by atoms with Crippen LogP contribution in [0.4, 0.5) is 0 Å². The summed E-state index contributed by atoms with van der Waals surface area (Å²) in [5.41, 5.74) is 0.955. The van der Waals surface area contributed by atoms with Crippen LogP contribution in [0.15, 0.2) is 11.8 Å². The van der Waals surface area contributed by atoms with E-state index >= 15 is 0 Å². The van der Waals surface area contributed by atoms with Gasteiger partial charge in [0.2, 0.25) is 5.91 Å². The van der Waals surface area contributed by atoms with Gasteiger partial charge in [-0.25, -0.2) is 0 Å².